The van der Waals surface area contributed by atoms with Crippen LogP contribution in [0.25, 0.3) is 10.4 Å². The fourth-order valence-corrected chi connectivity index (χ4v) is 4.02. The number of aryl methyl sites for hydroxylation is 1. The van der Waals surface area contributed by atoms with Gasteiger partial charge in [0.2, 0.25) is 0 Å². The molecule has 28 heavy (non-hydrogen) atoms. The number of furan rings is 1. The van der Waals surface area contributed by atoms with Gasteiger partial charge in [-0.15, -0.1) is 11.3 Å². The second kappa shape index (κ2) is 8.23. The molecule has 5 heteroatoms. The zero-order chi connectivity index (χ0) is 19.3. The second-order valence-electron chi connectivity index (χ2n) is 6.50. The Bertz CT molecular complexity index is 1040. The lowest BCUT2D eigenvalue weighted by atomic mass is 10.1. The van der Waals surface area contributed by atoms with Gasteiger partial charge in [0.1, 0.15) is 11.5 Å². The van der Waals surface area contributed by atoms with Crippen molar-refractivity contribution in [2.75, 3.05) is 0 Å². The van der Waals surface area contributed by atoms with Crippen LogP contribution in [0.4, 0.5) is 0 Å². The maximum atomic E-state index is 13.5. The number of benzene rings is 2. The topological polar surface area (TPSA) is 46.3 Å². The molecule has 140 valence electrons. The van der Waals surface area contributed by atoms with Gasteiger partial charge in [-0.1, -0.05) is 60.7 Å². The molecule has 2 heterocycles. The van der Waals surface area contributed by atoms with E-state index in [4.69, 9.17) is 4.42 Å². The van der Waals surface area contributed by atoms with E-state index in [1.807, 2.05) is 79.7 Å². The van der Waals surface area contributed by atoms with E-state index in [2.05, 4.69) is 4.98 Å². The highest BCUT2D eigenvalue weighted by Gasteiger charge is 2.24. The molecule has 0 N–H and O–H groups in total. The summed E-state index contributed by atoms with van der Waals surface area (Å²) in [4.78, 5) is 20.8. The van der Waals surface area contributed by atoms with E-state index in [1.54, 1.807) is 22.5 Å². The van der Waals surface area contributed by atoms with Crippen LogP contribution < -0.4 is 0 Å². The van der Waals surface area contributed by atoms with Gasteiger partial charge in [-0.3, -0.25) is 4.79 Å². The first-order chi connectivity index (χ1) is 13.7. The number of aromatic nitrogens is 1. The minimum atomic E-state index is -0.0940. The van der Waals surface area contributed by atoms with Crippen LogP contribution in [0.15, 0.2) is 83.5 Å². The predicted octanol–water partition coefficient (Wildman–Crippen LogP) is 5.55. The molecule has 0 spiro atoms. The van der Waals surface area contributed by atoms with Gasteiger partial charge >= 0.3 is 0 Å². The Balaban J connectivity index is 1.69. The van der Waals surface area contributed by atoms with Crippen LogP contribution in [-0.4, -0.2) is 15.8 Å². The third kappa shape index (κ3) is 4.05. The molecule has 1 amide bonds. The molecule has 0 aliphatic rings. The average Bonchev–Trinajstić information content (AvgIpc) is 3.38. The smallest absolute Gasteiger partial charge is 0.274 e. The molecule has 0 bridgehead atoms. The van der Waals surface area contributed by atoms with Gasteiger partial charge < -0.3 is 9.32 Å². The lowest BCUT2D eigenvalue weighted by molar-refractivity contribution is 0.0713. The van der Waals surface area contributed by atoms with E-state index in [1.165, 1.54) is 0 Å². The summed E-state index contributed by atoms with van der Waals surface area (Å²) in [5.74, 6) is 0.654. The summed E-state index contributed by atoms with van der Waals surface area (Å²) < 4.78 is 5.50. The summed E-state index contributed by atoms with van der Waals surface area (Å²) in [6.07, 6.45) is 1.63. The van der Waals surface area contributed by atoms with Gasteiger partial charge in [0.05, 0.1) is 22.7 Å². The highest BCUT2D eigenvalue weighted by atomic mass is 32.1. The molecule has 0 unspecified atom stereocenters. The van der Waals surface area contributed by atoms with Gasteiger partial charge in [-0.2, -0.15) is 0 Å². The van der Waals surface area contributed by atoms with Crippen molar-refractivity contribution in [2.45, 2.75) is 20.0 Å². The van der Waals surface area contributed by atoms with Crippen molar-refractivity contribution >= 4 is 17.2 Å². The Labute approximate surface area is 168 Å². The monoisotopic (exact) mass is 388 g/mol. The van der Waals surface area contributed by atoms with Crippen molar-refractivity contribution in [3.05, 3.63) is 101 Å². The normalized spacial score (nSPS) is 10.8. The van der Waals surface area contributed by atoms with E-state index in [0.717, 1.165) is 26.8 Å². The highest BCUT2D eigenvalue weighted by molar-refractivity contribution is 7.15. The largest absolute Gasteiger partial charge is 0.467 e. The molecule has 2 aromatic heterocycles. The van der Waals surface area contributed by atoms with Gasteiger partial charge in [-0.25, -0.2) is 4.98 Å². The fraction of sp³-hybridized carbons (Fsp3) is 0.130. The molecule has 4 nitrogen and oxygen atoms in total. The van der Waals surface area contributed by atoms with Gasteiger partial charge in [0, 0.05) is 6.54 Å². The molecule has 0 saturated carbocycles. The molecule has 0 fully saturated rings. The molecule has 0 aliphatic heterocycles. The lowest BCUT2D eigenvalue weighted by Crippen LogP contribution is -2.30. The molecule has 4 rings (SSSR count). The summed E-state index contributed by atoms with van der Waals surface area (Å²) in [5, 5.41) is 0.875. The summed E-state index contributed by atoms with van der Waals surface area (Å²) in [5.41, 5.74) is 2.57. The average molecular weight is 388 g/mol. The van der Waals surface area contributed by atoms with Crippen LogP contribution in [0.3, 0.4) is 0 Å². The van der Waals surface area contributed by atoms with Crippen LogP contribution in [-0.2, 0) is 13.1 Å². The number of hydrogen-bond donors (Lipinski definition) is 0. The predicted molar refractivity (Wildman–Crippen MR) is 111 cm³/mol. The Morgan fingerprint density at radius 2 is 1.68 bits per heavy atom. The van der Waals surface area contributed by atoms with Crippen LogP contribution in [0, 0.1) is 6.92 Å². The number of hydrogen-bond acceptors (Lipinski definition) is 4. The third-order valence-corrected chi connectivity index (χ3v) is 5.42. The molecule has 0 saturated heterocycles. The Kier molecular flexibility index (Phi) is 5.35. The van der Waals surface area contributed by atoms with E-state index in [9.17, 15) is 4.79 Å². The van der Waals surface area contributed by atoms with Gasteiger partial charge in [0.25, 0.3) is 5.91 Å². The number of carbonyl (C=O) groups excluding carboxylic acids is 1. The molecule has 4 aromatic rings. The first-order valence-electron chi connectivity index (χ1n) is 9.09. The minimum Gasteiger partial charge on any atom is -0.467 e. The highest BCUT2D eigenvalue weighted by Crippen LogP contribution is 2.31. The van der Waals surface area contributed by atoms with E-state index in [0.29, 0.717) is 18.8 Å². The molecule has 0 radical (unpaired) electrons. The Morgan fingerprint density at radius 1 is 0.964 bits per heavy atom. The minimum absolute atomic E-state index is 0.0940. The summed E-state index contributed by atoms with van der Waals surface area (Å²) in [6, 6.07) is 23.6. The standard InChI is InChI=1S/C23H20N2O2S/c1-17-24-21(22(28-17)19-11-6-3-7-12-19)23(26)25(16-20-13-8-14-27-20)15-18-9-4-2-5-10-18/h2-14H,15-16H2,1H3. The zero-order valence-corrected chi connectivity index (χ0v) is 16.4. The number of nitrogens with zero attached hydrogens (tertiary/aromatic N) is 2. The maximum absolute atomic E-state index is 13.5. The number of carbonyl (C=O) groups is 1. The van der Waals surface area contributed by atoms with Crippen molar-refractivity contribution in [1.82, 2.24) is 9.88 Å². The number of thiazole rings is 1. The maximum Gasteiger partial charge on any atom is 0.274 e. The molecule has 2 aromatic carbocycles. The van der Waals surface area contributed by atoms with Crippen molar-refractivity contribution in [3.8, 4) is 10.4 Å². The van der Waals surface area contributed by atoms with Gasteiger partial charge in [0.15, 0.2) is 0 Å². The first-order valence-corrected chi connectivity index (χ1v) is 9.91. The zero-order valence-electron chi connectivity index (χ0n) is 15.5. The van der Waals surface area contributed by atoms with Crippen molar-refractivity contribution in [2.24, 2.45) is 0 Å². The fourth-order valence-electron chi connectivity index (χ4n) is 3.10. The van der Waals surface area contributed by atoms with E-state index >= 15 is 0 Å². The number of amides is 1. The van der Waals surface area contributed by atoms with Gasteiger partial charge in [-0.05, 0) is 30.2 Å². The van der Waals surface area contributed by atoms with E-state index < -0.39 is 0 Å². The van der Waals surface area contributed by atoms with Crippen LogP contribution in [0.5, 0.6) is 0 Å². The third-order valence-electron chi connectivity index (χ3n) is 4.40. The molecule has 0 atom stereocenters. The number of rotatable bonds is 6. The van der Waals surface area contributed by atoms with E-state index in [-0.39, 0.29) is 5.91 Å². The molecular weight excluding hydrogens is 368 g/mol. The van der Waals surface area contributed by atoms with Crippen molar-refractivity contribution in [3.63, 3.8) is 0 Å². The summed E-state index contributed by atoms with van der Waals surface area (Å²) in [7, 11) is 0. The summed E-state index contributed by atoms with van der Waals surface area (Å²) in [6.45, 7) is 2.82. The molecule has 0 aliphatic carbocycles. The van der Waals surface area contributed by atoms with Crippen LogP contribution >= 0.6 is 11.3 Å². The van der Waals surface area contributed by atoms with Crippen molar-refractivity contribution in [1.29, 1.82) is 0 Å². The molecular formula is C23H20N2O2S. The summed E-state index contributed by atoms with van der Waals surface area (Å²) >= 11 is 1.55. The quantitative estimate of drug-likeness (QED) is 0.435. The first kappa shape index (κ1) is 18.2. The Hall–Kier alpha value is -3.18. The SMILES string of the molecule is Cc1nc(C(=O)N(Cc2ccccc2)Cc2ccco2)c(-c2ccccc2)s1. The Morgan fingerprint density at radius 3 is 2.36 bits per heavy atom. The van der Waals surface area contributed by atoms with Crippen LogP contribution in [0.2, 0.25) is 0 Å². The van der Waals surface area contributed by atoms with Crippen molar-refractivity contribution < 1.29 is 9.21 Å². The lowest BCUT2D eigenvalue weighted by Gasteiger charge is -2.21. The van der Waals surface area contributed by atoms with Crippen LogP contribution in [0.1, 0.15) is 26.8 Å². The second-order valence-corrected chi connectivity index (χ2v) is 7.71.